The fraction of sp³-hybridized carbons (Fsp3) is 1.00. The van der Waals surface area contributed by atoms with Crippen LogP contribution in [0.5, 0.6) is 0 Å². The van der Waals surface area contributed by atoms with Crippen LogP contribution in [0.15, 0.2) is 0 Å². The average molecular weight is 280 g/mol. The van der Waals surface area contributed by atoms with E-state index in [0.29, 0.717) is 12.1 Å². The predicted molar refractivity (Wildman–Crippen MR) is 84.0 cm³/mol. The highest BCUT2D eigenvalue weighted by Crippen LogP contribution is 2.32. The van der Waals surface area contributed by atoms with E-state index >= 15 is 0 Å². The molecule has 3 heterocycles. The molecular weight excluding hydrogens is 248 g/mol. The van der Waals surface area contributed by atoms with Crippen LogP contribution in [0.2, 0.25) is 0 Å². The van der Waals surface area contributed by atoms with Crippen LogP contribution < -0.4 is 0 Å². The van der Waals surface area contributed by atoms with Crippen LogP contribution in [-0.4, -0.2) is 98.1 Å². The molecule has 4 heteroatoms. The summed E-state index contributed by atoms with van der Waals surface area (Å²) in [7, 11) is 6.68. The van der Waals surface area contributed by atoms with Crippen LogP contribution >= 0.6 is 0 Å². The third-order valence-electron chi connectivity index (χ3n) is 6.17. The van der Waals surface area contributed by atoms with Crippen molar-refractivity contribution in [3.8, 4) is 0 Å². The lowest BCUT2D eigenvalue weighted by atomic mass is 10.0. The zero-order valence-electron chi connectivity index (χ0n) is 13.9. The minimum atomic E-state index is 0.697. The van der Waals surface area contributed by atoms with E-state index in [4.69, 9.17) is 0 Å². The van der Waals surface area contributed by atoms with Gasteiger partial charge in [0, 0.05) is 57.4 Å². The Morgan fingerprint density at radius 1 is 0.800 bits per heavy atom. The smallest absolute Gasteiger partial charge is 0.0344 e. The maximum Gasteiger partial charge on any atom is 0.0344 e. The molecule has 2 unspecified atom stereocenters. The van der Waals surface area contributed by atoms with Gasteiger partial charge in [0.25, 0.3) is 0 Å². The third kappa shape index (κ3) is 2.63. The van der Waals surface area contributed by atoms with Crippen LogP contribution in [0, 0.1) is 11.8 Å². The van der Waals surface area contributed by atoms with E-state index in [-0.39, 0.29) is 0 Å². The predicted octanol–water partition coefficient (Wildman–Crippen LogP) is 0.503. The fourth-order valence-corrected chi connectivity index (χ4v) is 4.35. The zero-order valence-corrected chi connectivity index (χ0v) is 13.9. The molecule has 3 aliphatic rings. The topological polar surface area (TPSA) is 13.0 Å². The van der Waals surface area contributed by atoms with Crippen molar-refractivity contribution in [1.29, 1.82) is 0 Å². The Morgan fingerprint density at radius 2 is 1.25 bits per heavy atom. The second kappa shape index (κ2) is 5.56. The van der Waals surface area contributed by atoms with E-state index in [1.807, 2.05) is 0 Å². The maximum absolute atomic E-state index is 2.76. The van der Waals surface area contributed by atoms with E-state index < -0.39 is 0 Å². The first kappa shape index (κ1) is 14.8. The summed E-state index contributed by atoms with van der Waals surface area (Å²) in [5.41, 5.74) is 0. The highest BCUT2D eigenvalue weighted by atomic mass is 15.3. The Labute approximate surface area is 124 Å². The summed E-state index contributed by atoms with van der Waals surface area (Å²) in [5, 5.41) is 0. The van der Waals surface area contributed by atoms with Gasteiger partial charge in [0.05, 0.1) is 0 Å². The lowest BCUT2D eigenvalue weighted by Gasteiger charge is -2.49. The van der Waals surface area contributed by atoms with Gasteiger partial charge in [-0.15, -0.1) is 0 Å². The number of fused-ring (bicyclic) bond motifs is 1. The van der Waals surface area contributed by atoms with Crippen molar-refractivity contribution in [3.05, 3.63) is 0 Å². The normalized spacial score (nSPS) is 36.3. The van der Waals surface area contributed by atoms with Gasteiger partial charge in [-0.05, 0) is 46.8 Å². The molecule has 0 saturated carbocycles. The average Bonchev–Trinajstić information content (AvgIpc) is 2.82. The highest BCUT2D eigenvalue weighted by molar-refractivity contribution is 4.97. The van der Waals surface area contributed by atoms with Crippen LogP contribution in [0.4, 0.5) is 0 Å². The van der Waals surface area contributed by atoms with Gasteiger partial charge in [0.2, 0.25) is 0 Å². The molecule has 0 radical (unpaired) electrons. The van der Waals surface area contributed by atoms with Crippen molar-refractivity contribution in [2.45, 2.75) is 32.0 Å². The Balaban J connectivity index is 1.49. The number of likely N-dealkylation sites (N-methyl/N-ethyl adjacent to an activating group) is 1. The summed E-state index contributed by atoms with van der Waals surface area (Å²) in [4.78, 5) is 10.3. The second-order valence-electron chi connectivity index (χ2n) is 7.75. The number of hydrogen-bond donors (Lipinski definition) is 0. The Morgan fingerprint density at radius 3 is 1.70 bits per heavy atom. The van der Waals surface area contributed by atoms with Gasteiger partial charge in [0.15, 0.2) is 0 Å². The molecule has 0 spiro atoms. The summed E-state index contributed by atoms with van der Waals surface area (Å²) in [6.45, 7) is 12.7. The van der Waals surface area contributed by atoms with E-state index in [2.05, 4.69) is 54.6 Å². The van der Waals surface area contributed by atoms with E-state index in [0.717, 1.165) is 17.9 Å². The minimum absolute atomic E-state index is 0.697. The summed E-state index contributed by atoms with van der Waals surface area (Å²) in [6, 6.07) is 2.17. The summed E-state index contributed by atoms with van der Waals surface area (Å²) >= 11 is 0. The quantitative estimate of drug-likeness (QED) is 0.743. The molecule has 0 aromatic heterocycles. The number of rotatable bonds is 4. The van der Waals surface area contributed by atoms with Crippen LogP contribution in [0.3, 0.4) is 0 Å². The van der Waals surface area contributed by atoms with E-state index in [9.17, 15) is 0 Å². The number of likely N-dealkylation sites (tertiary alicyclic amines) is 3. The molecule has 116 valence electrons. The summed E-state index contributed by atoms with van der Waals surface area (Å²) in [5.74, 6) is 1.86. The monoisotopic (exact) mass is 280 g/mol. The molecule has 0 N–H and O–H groups in total. The third-order valence-corrected chi connectivity index (χ3v) is 6.17. The first-order valence-corrected chi connectivity index (χ1v) is 8.28. The van der Waals surface area contributed by atoms with Gasteiger partial charge in [0.1, 0.15) is 0 Å². The number of hydrogen-bond acceptors (Lipinski definition) is 4. The molecule has 20 heavy (non-hydrogen) atoms. The first-order valence-electron chi connectivity index (χ1n) is 8.28. The molecule has 3 aliphatic heterocycles. The Kier molecular flexibility index (Phi) is 4.10. The molecule has 3 saturated heterocycles. The maximum atomic E-state index is 2.76. The SMILES string of the molecule is C[C@@H]([C@H](C)N1CC(N(C)C)C1)N1CC2CN(C)CC2C1. The minimum Gasteiger partial charge on any atom is -0.306 e. The van der Waals surface area contributed by atoms with Gasteiger partial charge in [-0.3, -0.25) is 9.80 Å². The molecule has 3 fully saturated rings. The molecule has 0 amide bonds. The van der Waals surface area contributed by atoms with Gasteiger partial charge in [-0.2, -0.15) is 0 Å². The lowest BCUT2D eigenvalue weighted by Crippen LogP contribution is -2.63. The summed E-state index contributed by atoms with van der Waals surface area (Å²) < 4.78 is 0. The van der Waals surface area contributed by atoms with Crippen molar-refractivity contribution >= 4 is 0 Å². The standard InChI is InChI=1S/C16H32N4/c1-12(13(2)20-10-16(11-20)17(3)4)19-8-14-6-18(5)7-15(14)9-19/h12-16H,6-11H2,1-5H3/t12-,13-,14?,15?/m0/s1. The van der Waals surface area contributed by atoms with Crippen molar-refractivity contribution in [2.24, 2.45) is 11.8 Å². The van der Waals surface area contributed by atoms with Crippen LogP contribution in [-0.2, 0) is 0 Å². The zero-order chi connectivity index (χ0) is 14.4. The largest absolute Gasteiger partial charge is 0.306 e. The molecule has 0 aromatic carbocycles. The van der Waals surface area contributed by atoms with Crippen molar-refractivity contribution < 1.29 is 0 Å². The van der Waals surface area contributed by atoms with Crippen LogP contribution in [0.1, 0.15) is 13.8 Å². The van der Waals surface area contributed by atoms with E-state index in [1.54, 1.807) is 0 Å². The first-order chi connectivity index (χ1) is 9.45. The fourth-order valence-electron chi connectivity index (χ4n) is 4.35. The van der Waals surface area contributed by atoms with Gasteiger partial charge in [-0.25, -0.2) is 0 Å². The second-order valence-corrected chi connectivity index (χ2v) is 7.75. The molecule has 4 nitrogen and oxygen atoms in total. The molecular formula is C16H32N4. The summed E-state index contributed by atoms with van der Waals surface area (Å²) in [6.07, 6.45) is 0. The lowest BCUT2D eigenvalue weighted by molar-refractivity contribution is 0.00204. The Hall–Kier alpha value is -0.160. The molecule has 0 bridgehead atoms. The van der Waals surface area contributed by atoms with Gasteiger partial charge < -0.3 is 9.80 Å². The molecule has 4 atom stereocenters. The van der Waals surface area contributed by atoms with E-state index in [1.165, 1.54) is 39.3 Å². The van der Waals surface area contributed by atoms with Crippen molar-refractivity contribution in [2.75, 3.05) is 60.4 Å². The van der Waals surface area contributed by atoms with Gasteiger partial charge >= 0.3 is 0 Å². The molecule has 3 rings (SSSR count). The van der Waals surface area contributed by atoms with Gasteiger partial charge in [-0.1, -0.05) is 0 Å². The highest BCUT2D eigenvalue weighted by Gasteiger charge is 2.42. The Bertz CT molecular complexity index is 325. The molecule has 0 aliphatic carbocycles. The van der Waals surface area contributed by atoms with Crippen molar-refractivity contribution in [1.82, 2.24) is 19.6 Å². The number of nitrogens with zero attached hydrogens (tertiary/aromatic N) is 4. The molecule has 0 aromatic rings. The van der Waals surface area contributed by atoms with Crippen molar-refractivity contribution in [3.63, 3.8) is 0 Å². The van der Waals surface area contributed by atoms with Crippen LogP contribution in [0.25, 0.3) is 0 Å².